The molecule has 4 N–H and O–H groups in total. The summed E-state index contributed by atoms with van der Waals surface area (Å²) in [6.45, 7) is 3.26. The average molecular weight is 727 g/mol. The molecule has 0 aliphatic carbocycles. The number of carboxylic acid groups (broad SMARTS) is 1. The van der Waals surface area contributed by atoms with Crippen LogP contribution in [0.15, 0.2) is 72.9 Å². The average Bonchev–Trinajstić information content (AvgIpc) is 3.13. The Morgan fingerprint density at radius 2 is 1.15 bits per heavy atom. The number of nitrogens with one attached hydrogen (secondary N) is 2. The van der Waals surface area contributed by atoms with Crippen LogP contribution in [-0.2, 0) is 23.9 Å². The van der Waals surface area contributed by atoms with Gasteiger partial charge in [-0.15, -0.1) is 0 Å². The predicted octanol–water partition coefficient (Wildman–Crippen LogP) is 9.15. The zero-order chi connectivity index (χ0) is 38.3. The number of rotatable bonds is 34. The maximum absolute atomic E-state index is 12.7. The molecule has 0 aromatic rings. The molecule has 0 radical (unpaired) electrons. The molecule has 0 fully saturated rings. The smallest absolute Gasteiger partial charge is 0.328 e. The minimum atomic E-state index is -1.39. The van der Waals surface area contributed by atoms with Crippen LogP contribution in [0.3, 0.4) is 0 Å². The van der Waals surface area contributed by atoms with Crippen molar-refractivity contribution in [2.45, 2.75) is 161 Å². The van der Waals surface area contributed by atoms with Gasteiger partial charge >= 0.3 is 11.9 Å². The molecule has 0 aromatic carbocycles. The first-order valence-corrected chi connectivity index (χ1v) is 19.8. The second-order valence-corrected chi connectivity index (χ2v) is 13.0. The largest absolute Gasteiger partial charge is 0.480 e. The number of amides is 2. The highest BCUT2D eigenvalue weighted by molar-refractivity contribution is 5.87. The summed E-state index contributed by atoms with van der Waals surface area (Å²) in [5.41, 5.74) is 0. The van der Waals surface area contributed by atoms with Crippen molar-refractivity contribution in [3.8, 4) is 0 Å². The van der Waals surface area contributed by atoms with E-state index in [1.807, 2.05) is 6.08 Å². The van der Waals surface area contributed by atoms with Gasteiger partial charge < -0.3 is 25.6 Å². The van der Waals surface area contributed by atoms with Gasteiger partial charge in [-0.3, -0.25) is 14.4 Å². The van der Waals surface area contributed by atoms with Gasteiger partial charge in [-0.1, -0.05) is 126 Å². The molecule has 9 heteroatoms. The standard InChI is InChI=1S/C43H70N2O7/c1-3-5-7-9-11-13-15-16-18-20-22-27-31-35-42(49)52-38(32-28-24-21-19-17-14-12-10-8-6-4-2)33-29-25-23-26-30-34-40(47)44-36-41(48)45-39(37-46)43(50)51/h6-9,12-15,19,21,28,32,38-39,46H,3-5,10-11,16-18,20,22-27,29-31,33-37H2,1-2H3,(H,44,47)(H,45,48)(H,50,51)/b8-6-,9-7-,14-12-,15-13-,21-19-,32-28-. The number of esters is 1. The molecule has 0 saturated carbocycles. The number of carbonyl (C=O) groups excluding carboxylic acids is 3. The van der Waals surface area contributed by atoms with Gasteiger partial charge in [-0.05, 0) is 83.1 Å². The minimum absolute atomic E-state index is 0.138. The van der Waals surface area contributed by atoms with Crippen molar-refractivity contribution >= 4 is 23.8 Å². The van der Waals surface area contributed by atoms with Crippen LogP contribution >= 0.6 is 0 Å². The highest BCUT2D eigenvalue weighted by Gasteiger charge is 2.18. The second kappa shape index (κ2) is 37.1. The van der Waals surface area contributed by atoms with E-state index < -0.39 is 24.5 Å². The summed E-state index contributed by atoms with van der Waals surface area (Å²) >= 11 is 0. The third-order valence-corrected chi connectivity index (χ3v) is 8.15. The number of carbonyl (C=O) groups is 4. The van der Waals surface area contributed by atoms with Gasteiger partial charge in [0.05, 0.1) is 13.2 Å². The molecule has 0 heterocycles. The van der Waals surface area contributed by atoms with Crippen molar-refractivity contribution in [2.24, 2.45) is 0 Å². The lowest BCUT2D eigenvalue weighted by atomic mass is 10.1. The summed E-state index contributed by atoms with van der Waals surface area (Å²) in [5, 5.41) is 22.5. The fourth-order valence-corrected chi connectivity index (χ4v) is 5.13. The maximum Gasteiger partial charge on any atom is 0.328 e. The Kier molecular flexibility index (Phi) is 34.4. The fraction of sp³-hybridized carbons (Fsp3) is 0.628. The molecule has 2 atom stereocenters. The molecular weight excluding hydrogens is 656 g/mol. The Morgan fingerprint density at radius 3 is 1.77 bits per heavy atom. The zero-order valence-electron chi connectivity index (χ0n) is 32.3. The van der Waals surface area contributed by atoms with Gasteiger partial charge in [0.25, 0.3) is 0 Å². The van der Waals surface area contributed by atoms with Crippen molar-refractivity contribution in [2.75, 3.05) is 13.2 Å². The number of aliphatic carboxylic acids is 1. The van der Waals surface area contributed by atoms with Gasteiger partial charge in [-0.2, -0.15) is 0 Å². The number of allylic oxidation sites excluding steroid dienone is 11. The third kappa shape index (κ3) is 33.4. The molecule has 0 aromatic heterocycles. The lowest BCUT2D eigenvalue weighted by molar-refractivity contribution is -0.147. The molecular formula is C43H70N2O7. The van der Waals surface area contributed by atoms with Gasteiger partial charge in [0.1, 0.15) is 12.1 Å². The summed E-state index contributed by atoms with van der Waals surface area (Å²) in [5.74, 6) is -2.43. The first-order chi connectivity index (χ1) is 25.3. The molecule has 9 nitrogen and oxygen atoms in total. The highest BCUT2D eigenvalue weighted by atomic mass is 16.5. The van der Waals surface area contributed by atoms with E-state index in [-0.39, 0.29) is 30.9 Å². The van der Waals surface area contributed by atoms with Crippen LogP contribution in [0, 0.1) is 0 Å². The quantitative estimate of drug-likeness (QED) is 0.0294. The Bertz CT molecular complexity index is 1110. The predicted molar refractivity (Wildman–Crippen MR) is 213 cm³/mol. The molecule has 2 amide bonds. The number of ether oxygens (including phenoxy) is 1. The van der Waals surface area contributed by atoms with Crippen molar-refractivity contribution < 1.29 is 34.1 Å². The van der Waals surface area contributed by atoms with E-state index in [2.05, 4.69) is 91.3 Å². The second-order valence-electron chi connectivity index (χ2n) is 13.0. The number of hydrogen-bond donors (Lipinski definition) is 4. The topological polar surface area (TPSA) is 142 Å². The van der Waals surface area contributed by atoms with Crippen molar-refractivity contribution in [1.29, 1.82) is 0 Å². The van der Waals surface area contributed by atoms with E-state index >= 15 is 0 Å². The zero-order valence-corrected chi connectivity index (χ0v) is 32.3. The van der Waals surface area contributed by atoms with Crippen molar-refractivity contribution in [1.82, 2.24) is 10.6 Å². The van der Waals surface area contributed by atoms with E-state index in [0.717, 1.165) is 96.3 Å². The van der Waals surface area contributed by atoms with Crippen molar-refractivity contribution in [3.05, 3.63) is 72.9 Å². The maximum atomic E-state index is 12.7. The summed E-state index contributed by atoms with van der Waals surface area (Å²) in [4.78, 5) is 47.4. The molecule has 0 rings (SSSR count). The lowest BCUT2D eigenvalue weighted by Gasteiger charge is -2.15. The molecule has 0 saturated heterocycles. The van der Waals surface area contributed by atoms with E-state index in [9.17, 15) is 19.2 Å². The molecule has 52 heavy (non-hydrogen) atoms. The third-order valence-electron chi connectivity index (χ3n) is 8.15. The van der Waals surface area contributed by atoms with Gasteiger partial charge in [-0.25, -0.2) is 4.79 Å². The van der Waals surface area contributed by atoms with Crippen LogP contribution in [0.4, 0.5) is 0 Å². The molecule has 0 spiro atoms. The molecule has 2 unspecified atom stereocenters. The minimum Gasteiger partial charge on any atom is -0.480 e. The van der Waals surface area contributed by atoms with Crippen LogP contribution < -0.4 is 10.6 Å². The Hall–Kier alpha value is -3.72. The van der Waals surface area contributed by atoms with Crippen LogP contribution in [0.1, 0.15) is 149 Å². The molecule has 0 bridgehead atoms. The summed E-state index contributed by atoms with van der Waals surface area (Å²) < 4.78 is 5.88. The number of carboxylic acids is 1. The van der Waals surface area contributed by atoms with Crippen LogP contribution in [0.2, 0.25) is 0 Å². The first-order valence-electron chi connectivity index (χ1n) is 19.8. The summed E-state index contributed by atoms with van der Waals surface area (Å²) in [6.07, 6.45) is 45.1. The molecule has 0 aliphatic rings. The van der Waals surface area contributed by atoms with Crippen molar-refractivity contribution in [3.63, 3.8) is 0 Å². The van der Waals surface area contributed by atoms with Gasteiger partial charge in [0, 0.05) is 12.8 Å². The Morgan fingerprint density at radius 1 is 0.615 bits per heavy atom. The van der Waals surface area contributed by atoms with Crippen LogP contribution in [0.5, 0.6) is 0 Å². The number of aliphatic hydroxyl groups excluding tert-OH is 1. The fourth-order valence-electron chi connectivity index (χ4n) is 5.13. The van der Waals surface area contributed by atoms with Gasteiger partial charge in [0.2, 0.25) is 11.8 Å². The van der Waals surface area contributed by atoms with E-state index in [4.69, 9.17) is 14.9 Å². The van der Waals surface area contributed by atoms with E-state index in [0.29, 0.717) is 12.8 Å². The number of aliphatic hydroxyl groups is 1. The molecule has 0 aliphatic heterocycles. The Balaban J connectivity index is 4.48. The van der Waals surface area contributed by atoms with E-state index in [1.165, 1.54) is 19.3 Å². The highest BCUT2D eigenvalue weighted by Crippen LogP contribution is 2.14. The monoisotopic (exact) mass is 727 g/mol. The molecule has 294 valence electrons. The summed E-state index contributed by atoms with van der Waals surface area (Å²) in [7, 11) is 0. The number of unbranched alkanes of at least 4 members (excludes halogenated alkanes) is 10. The number of hydrogen-bond acceptors (Lipinski definition) is 6. The summed E-state index contributed by atoms with van der Waals surface area (Å²) in [6, 6.07) is -1.39. The van der Waals surface area contributed by atoms with E-state index in [1.54, 1.807) is 0 Å². The Labute approximate surface area is 314 Å². The van der Waals surface area contributed by atoms with Crippen LogP contribution in [-0.4, -0.2) is 59.3 Å². The van der Waals surface area contributed by atoms with Crippen LogP contribution in [0.25, 0.3) is 0 Å². The normalized spacial score (nSPS) is 13.3. The lowest BCUT2D eigenvalue weighted by Crippen LogP contribution is -2.47. The van der Waals surface area contributed by atoms with Gasteiger partial charge in [0.15, 0.2) is 0 Å². The first kappa shape index (κ1) is 48.3. The SMILES string of the molecule is CC/C=C\C/C=C\C/C=C\C/C=C\C(CCCCCCCC(=O)NCC(=O)NC(CO)C(=O)O)OC(=O)CCCCCCC/C=C\C/C=C\CCC.